The van der Waals surface area contributed by atoms with Crippen molar-refractivity contribution >= 4 is 15.7 Å². The topological polar surface area (TPSA) is 67.9 Å². The smallest absolute Gasteiger partial charge is 0.261 e. The van der Waals surface area contributed by atoms with Crippen molar-refractivity contribution in [3.63, 3.8) is 0 Å². The maximum absolute atomic E-state index is 12.8. The molecule has 0 heterocycles. The van der Waals surface area contributed by atoms with Crippen molar-refractivity contribution in [2.45, 2.75) is 30.2 Å². The molecule has 1 aliphatic rings. The van der Waals surface area contributed by atoms with Gasteiger partial charge in [0.05, 0.1) is 24.8 Å². The van der Waals surface area contributed by atoms with Crippen molar-refractivity contribution in [2.75, 3.05) is 33.0 Å². The molecule has 0 spiro atoms. The first-order valence-corrected chi connectivity index (χ1v) is 10.4. The Balaban J connectivity index is 1.94. The van der Waals surface area contributed by atoms with Crippen LogP contribution in [0, 0.1) is 0 Å². The number of methoxy groups -OCH3 is 2. The zero-order valence-electron chi connectivity index (χ0n) is 16.2. The molecule has 0 amide bonds. The molecule has 0 saturated carbocycles. The highest BCUT2D eigenvalue weighted by molar-refractivity contribution is 7.92. The van der Waals surface area contributed by atoms with Gasteiger partial charge in [-0.15, -0.1) is 0 Å². The van der Waals surface area contributed by atoms with Gasteiger partial charge in [-0.3, -0.25) is 4.72 Å². The van der Waals surface area contributed by atoms with Gasteiger partial charge in [0, 0.05) is 11.6 Å². The summed E-state index contributed by atoms with van der Waals surface area (Å²) in [5, 5.41) is 0. The number of nitrogens with one attached hydrogen (secondary N) is 1. The van der Waals surface area contributed by atoms with Gasteiger partial charge in [-0.1, -0.05) is 0 Å². The van der Waals surface area contributed by atoms with Gasteiger partial charge in [-0.2, -0.15) is 0 Å². The molecular weight excluding hydrogens is 364 g/mol. The van der Waals surface area contributed by atoms with E-state index in [9.17, 15) is 8.42 Å². The van der Waals surface area contributed by atoms with Crippen LogP contribution < -0.4 is 14.2 Å². The first-order chi connectivity index (χ1) is 12.9. The third-order valence-electron chi connectivity index (χ3n) is 5.12. The first-order valence-electron chi connectivity index (χ1n) is 8.87. The molecule has 2 aromatic rings. The Morgan fingerprint density at radius 3 is 2.30 bits per heavy atom. The van der Waals surface area contributed by atoms with Crippen LogP contribution in [0.25, 0.3) is 0 Å². The van der Waals surface area contributed by atoms with Crippen molar-refractivity contribution < 1.29 is 17.9 Å². The summed E-state index contributed by atoms with van der Waals surface area (Å²) in [6, 6.07) is 10.4. The number of ether oxygens (including phenoxy) is 2. The summed E-state index contributed by atoms with van der Waals surface area (Å²) in [5.41, 5.74) is 2.72. The van der Waals surface area contributed by atoms with Gasteiger partial charge in [-0.25, -0.2) is 8.42 Å². The van der Waals surface area contributed by atoms with Gasteiger partial charge in [-0.05, 0) is 75.3 Å². The van der Waals surface area contributed by atoms with Crippen LogP contribution in [0.1, 0.15) is 17.5 Å². The van der Waals surface area contributed by atoms with Crippen molar-refractivity contribution in [2.24, 2.45) is 0 Å². The first kappa shape index (κ1) is 19.5. The molecule has 0 unspecified atom stereocenters. The fourth-order valence-electron chi connectivity index (χ4n) is 3.52. The Hall–Kier alpha value is -2.25. The molecular formula is C20H26N2O4S. The normalized spacial score (nSPS) is 16.7. The van der Waals surface area contributed by atoms with Crippen molar-refractivity contribution in [1.82, 2.24) is 4.90 Å². The number of sulfonamides is 1. The maximum atomic E-state index is 12.8. The predicted octanol–water partition coefficient (Wildman–Crippen LogP) is 2.92. The highest BCUT2D eigenvalue weighted by atomic mass is 32.2. The maximum Gasteiger partial charge on any atom is 0.261 e. The van der Waals surface area contributed by atoms with E-state index in [1.165, 1.54) is 0 Å². The molecule has 0 bridgehead atoms. The highest BCUT2D eigenvalue weighted by Gasteiger charge is 2.27. The van der Waals surface area contributed by atoms with Crippen LogP contribution in [0.3, 0.4) is 0 Å². The predicted molar refractivity (Wildman–Crippen MR) is 106 cm³/mol. The van der Waals surface area contributed by atoms with Gasteiger partial charge >= 0.3 is 0 Å². The van der Waals surface area contributed by atoms with Crippen LogP contribution >= 0.6 is 0 Å². The molecule has 6 nitrogen and oxygen atoms in total. The number of likely N-dealkylation sites (N-methyl/N-ethyl adjacent to an activating group) is 1. The summed E-state index contributed by atoms with van der Waals surface area (Å²) in [7, 11) is 3.65. The summed E-state index contributed by atoms with van der Waals surface area (Å²) in [6.45, 7) is 0. The average molecular weight is 391 g/mol. The number of anilines is 1. The summed E-state index contributed by atoms with van der Waals surface area (Å²) >= 11 is 0. The number of hydrogen-bond acceptors (Lipinski definition) is 5. The van der Waals surface area contributed by atoms with Crippen molar-refractivity contribution in [1.29, 1.82) is 0 Å². The Labute approximate surface area is 161 Å². The third kappa shape index (κ3) is 4.04. The van der Waals surface area contributed by atoms with Gasteiger partial charge in [0.25, 0.3) is 10.0 Å². The molecule has 0 aromatic heterocycles. The molecule has 1 N–H and O–H groups in total. The number of fused-ring (bicyclic) bond motifs is 1. The number of rotatable bonds is 6. The van der Waals surface area contributed by atoms with Crippen LogP contribution in [0.2, 0.25) is 0 Å². The standard InChI is InChI=1S/C20H26N2O4S/c1-22(2)14-5-10-17-18(13-14)20(26-4)12-11-19(17)21-27(23,24)16-8-6-15(25-3)7-9-16/h6-9,11-12,14,21H,5,10,13H2,1-4H3/t14-/m0/s1. The van der Waals surface area contributed by atoms with Crippen molar-refractivity contribution in [3.05, 3.63) is 47.5 Å². The Bertz CT molecular complexity index is 908. The average Bonchev–Trinajstić information content (AvgIpc) is 2.67. The van der Waals surface area contributed by atoms with E-state index in [0.717, 1.165) is 36.1 Å². The van der Waals surface area contributed by atoms with Crippen LogP contribution in [0.15, 0.2) is 41.3 Å². The van der Waals surface area contributed by atoms with Gasteiger partial charge in [0.2, 0.25) is 0 Å². The lowest BCUT2D eigenvalue weighted by molar-refractivity contribution is 0.265. The fourth-order valence-corrected chi connectivity index (χ4v) is 4.61. The second-order valence-corrected chi connectivity index (χ2v) is 8.60. The van der Waals surface area contributed by atoms with E-state index < -0.39 is 10.0 Å². The summed E-state index contributed by atoms with van der Waals surface area (Å²) in [6.07, 6.45) is 2.61. The second-order valence-electron chi connectivity index (χ2n) is 6.91. The van der Waals surface area contributed by atoms with E-state index in [1.54, 1.807) is 44.6 Å². The fraction of sp³-hybridized carbons (Fsp3) is 0.400. The highest BCUT2D eigenvalue weighted by Crippen LogP contribution is 2.36. The molecule has 1 aliphatic carbocycles. The molecule has 1 atom stereocenters. The minimum absolute atomic E-state index is 0.204. The Morgan fingerprint density at radius 2 is 1.70 bits per heavy atom. The minimum atomic E-state index is -3.68. The zero-order valence-corrected chi connectivity index (χ0v) is 17.0. The lowest BCUT2D eigenvalue weighted by Gasteiger charge is -2.32. The van der Waals surface area contributed by atoms with Crippen LogP contribution in [-0.4, -0.2) is 47.7 Å². The third-order valence-corrected chi connectivity index (χ3v) is 6.50. The minimum Gasteiger partial charge on any atom is -0.497 e. The monoisotopic (exact) mass is 390 g/mol. The van der Waals surface area contributed by atoms with E-state index in [0.29, 0.717) is 17.5 Å². The summed E-state index contributed by atoms with van der Waals surface area (Å²) in [4.78, 5) is 2.41. The Kier molecular flexibility index (Phi) is 5.62. The largest absolute Gasteiger partial charge is 0.497 e. The number of hydrogen-bond donors (Lipinski definition) is 1. The van der Waals surface area contributed by atoms with Crippen LogP contribution in [0.4, 0.5) is 5.69 Å². The SMILES string of the molecule is COc1ccc(S(=O)(=O)Nc2ccc(OC)c3c2CC[C@H](N(C)C)C3)cc1. The molecule has 3 rings (SSSR count). The van der Waals surface area contributed by atoms with Gasteiger partial charge in [0.1, 0.15) is 11.5 Å². The molecule has 2 aromatic carbocycles. The van der Waals surface area contributed by atoms with Gasteiger partial charge < -0.3 is 14.4 Å². The zero-order chi connectivity index (χ0) is 19.6. The van der Waals surface area contributed by atoms with Crippen LogP contribution in [-0.2, 0) is 22.9 Å². The van der Waals surface area contributed by atoms with E-state index >= 15 is 0 Å². The Morgan fingerprint density at radius 1 is 1.00 bits per heavy atom. The summed E-state index contributed by atoms with van der Waals surface area (Å²) in [5.74, 6) is 1.43. The van der Waals surface area contributed by atoms with E-state index in [-0.39, 0.29) is 4.90 Å². The quantitative estimate of drug-likeness (QED) is 0.821. The lowest BCUT2D eigenvalue weighted by Crippen LogP contribution is -2.34. The molecule has 0 aliphatic heterocycles. The van der Waals surface area contributed by atoms with E-state index in [4.69, 9.17) is 9.47 Å². The molecule has 7 heteroatoms. The second kappa shape index (κ2) is 7.78. The molecule has 146 valence electrons. The summed E-state index contributed by atoms with van der Waals surface area (Å²) < 4.78 is 39.0. The van der Waals surface area contributed by atoms with E-state index in [1.807, 2.05) is 6.07 Å². The van der Waals surface area contributed by atoms with E-state index in [2.05, 4.69) is 23.7 Å². The molecule has 27 heavy (non-hydrogen) atoms. The van der Waals surface area contributed by atoms with Gasteiger partial charge in [0.15, 0.2) is 0 Å². The molecule has 0 saturated heterocycles. The number of nitrogens with zero attached hydrogens (tertiary/aromatic N) is 1. The molecule has 0 radical (unpaired) electrons. The lowest BCUT2D eigenvalue weighted by atomic mass is 9.86. The molecule has 0 fully saturated rings. The van der Waals surface area contributed by atoms with Crippen molar-refractivity contribution in [3.8, 4) is 11.5 Å². The number of benzene rings is 2. The van der Waals surface area contributed by atoms with Crippen LogP contribution in [0.5, 0.6) is 11.5 Å².